The molecule has 1 aliphatic heterocycles. The topological polar surface area (TPSA) is 35.5 Å². The first kappa shape index (κ1) is 18.4. The maximum atomic E-state index is 4.67. The Morgan fingerprint density at radius 2 is 1.81 bits per heavy atom. The van der Waals surface area contributed by atoms with Gasteiger partial charge in [0.2, 0.25) is 5.95 Å². The molecule has 0 N–H and O–H groups in total. The highest BCUT2D eigenvalue weighted by molar-refractivity contribution is 5.48. The van der Waals surface area contributed by atoms with Gasteiger partial charge in [0.15, 0.2) is 0 Å². The molecule has 1 aromatic heterocycles. The SMILES string of the molecule is CN(C)c1nccc(N(C)C2CCN(C/C=C/c3ccccc3)CC2)n1. The molecule has 2 heterocycles. The van der Waals surface area contributed by atoms with Crippen LogP contribution in [-0.4, -0.2) is 61.7 Å². The van der Waals surface area contributed by atoms with Gasteiger partial charge in [-0.1, -0.05) is 42.5 Å². The number of piperidine rings is 1. The van der Waals surface area contributed by atoms with Crippen molar-refractivity contribution in [3.8, 4) is 0 Å². The van der Waals surface area contributed by atoms with E-state index in [9.17, 15) is 0 Å². The van der Waals surface area contributed by atoms with Gasteiger partial charge >= 0.3 is 0 Å². The summed E-state index contributed by atoms with van der Waals surface area (Å²) in [5.74, 6) is 1.77. The van der Waals surface area contributed by atoms with E-state index < -0.39 is 0 Å². The summed E-state index contributed by atoms with van der Waals surface area (Å²) in [6, 6.07) is 13.0. The minimum Gasteiger partial charge on any atom is -0.356 e. The Bertz CT molecular complexity index is 705. The van der Waals surface area contributed by atoms with E-state index in [2.05, 4.69) is 69.3 Å². The minimum absolute atomic E-state index is 0.536. The van der Waals surface area contributed by atoms with Crippen LogP contribution in [0.2, 0.25) is 0 Å². The zero-order valence-corrected chi connectivity index (χ0v) is 16.0. The fourth-order valence-electron chi connectivity index (χ4n) is 3.33. The average molecular weight is 351 g/mol. The van der Waals surface area contributed by atoms with Crippen molar-refractivity contribution < 1.29 is 0 Å². The summed E-state index contributed by atoms with van der Waals surface area (Å²) in [5.41, 5.74) is 1.27. The highest BCUT2D eigenvalue weighted by atomic mass is 15.3. The lowest BCUT2D eigenvalue weighted by atomic mass is 10.0. The Kier molecular flexibility index (Phi) is 6.23. The van der Waals surface area contributed by atoms with E-state index in [0.29, 0.717) is 6.04 Å². The predicted octanol–water partition coefficient (Wildman–Crippen LogP) is 3.16. The Balaban J connectivity index is 1.50. The molecule has 1 saturated heterocycles. The smallest absolute Gasteiger partial charge is 0.226 e. The molecule has 0 spiro atoms. The Hall–Kier alpha value is -2.40. The summed E-state index contributed by atoms with van der Waals surface area (Å²) < 4.78 is 0. The zero-order valence-electron chi connectivity index (χ0n) is 16.0. The summed E-state index contributed by atoms with van der Waals surface area (Å²) in [5, 5.41) is 0. The van der Waals surface area contributed by atoms with Crippen LogP contribution in [0.5, 0.6) is 0 Å². The average Bonchev–Trinajstić information content (AvgIpc) is 2.69. The number of rotatable bonds is 6. The third-order valence-electron chi connectivity index (χ3n) is 4.97. The number of nitrogens with zero attached hydrogens (tertiary/aromatic N) is 5. The van der Waals surface area contributed by atoms with E-state index in [1.807, 2.05) is 31.3 Å². The molecule has 2 aromatic rings. The quantitative estimate of drug-likeness (QED) is 0.799. The van der Waals surface area contributed by atoms with E-state index in [0.717, 1.165) is 44.2 Å². The minimum atomic E-state index is 0.536. The van der Waals surface area contributed by atoms with Gasteiger partial charge in [-0.3, -0.25) is 4.90 Å². The molecule has 0 aliphatic carbocycles. The van der Waals surface area contributed by atoms with Crippen LogP contribution in [0.1, 0.15) is 18.4 Å². The Morgan fingerprint density at radius 1 is 1.08 bits per heavy atom. The second-order valence-corrected chi connectivity index (χ2v) is 7.07. The lowest BCUT2D eigenvalue weighted by Gasteiger charge is -2.37. The first-order valence-corrected chi connectivity index (χ1v) is 9.30. The molecule has 0 amide bonds. The number of likely N-dealkylation sites (tertiary alicyclic amines) is 1. The van der Waals surface area contributed by atoms with Gasteiger partial charge in [0.25, 0.3) is 0 Å². The summed E-state index contributed by atoms with van der Waals surface area (Å²) >= 11 is 0. The van der Waals surface area contributed by atoms with Crippen molar-refractivity contribution in [2.75, 3.05) is 50.6 Å². The molecule has 0 saturated carbocycles. The van der Waals surface area contributed by atoms with Gasteiger partial charge in [0.05, 0.1) is 0 Å². The zero-order chi connectivity index (χ0) is 18.4. The summed E-state index contributed by atoms with van der Waals surface area (Å²) in [6.45, 7) is 3.27. The first-order valence-electron chi connectivity index (χ1n) is 9.30. The molecular weight excluding hydrogens is 322 g/mol. The van der Waals surface area contributed by atoms with Crippen molar-refractivity contribution >= 4 is 17.8 Å². The molecule has 138 valence electrons. The van der Waals surface area contributed by atoms with Gasteiger partial charge in [0.1, 0.15) is 5.82 Å². The van der Waals surface area contributed by atoms with Gasteiger partial charge in [-0.05, 0) is 24.5 Å². The second kappa shape index (κ2) is 8.81. The molecule has 1 fully saturated rings. The molecule has 0 atom stereocenters. The molecule has 0 bridgehead atoms. The predicted molar refractivity (Wildman–Crippen MR) is 110 cm³/mol. The summed E-state index contributed by atoms with van der Waals surface area (Å²) in [7, 11) is 6.10. The van der Waals surface area contributed by atoms with Crippen molar-refractivity contribution in [1.82, 2.24) is 14.9 Å². The molecule has 1 aliphatic rings. The van der Waals surface area contributed by atoms with E-state index in [1.165, 1.54) is 5.56 Å². The van der Waals surface area contributed by atoms with Crippen LogP contribution in [0.15, 0.2) is 48.7 Å². The molecule has 0 radical (unpaired) electrons. The van der Waals surface area contributed by atoms with Gasteiger partial charge in [-0.25, -0.2) is 4.98 Å². The Morgan fingerprint density at radius 3 is 2.50 bits per heavy atom. The summed E-state index contributed by atoms with van der Waals surface area (Å²) in [6.07, 6.45) is 8.65. The number of aromatic nitrogens is 2. The summed E-state index contributed by atoms with van der Waals surface area (Å²) in [4.78, 5) is 15.8. The van der Waals surface area contributed by atoms with E-state index >= 15 is 0 Å². The maximum absolute atomic E-state index is 4.67. The van der Waals surface area contributed by atoms with Gasteiger partial charge in [-0.2, -0.15) is 4.98 Å². The molecule has 3 rings (SSSR count). The largest absolute Gasteiger partial charge is 0.356 e. The number of hydrogen-bond acceptors (Lipinski definition) is 5. The highest BCUT2D eigenvalue weighted by Crippen LogP contribution is 2.21. The third kappa shape index (κ3) is 4.82. The van der Waals surface area contributed by atoms with Gasteiger partial charge in [-0.15, -0.1) is 0 Å². The van der Waals surface area contributed by atoms with Crippen LogP contribution < -0.4 is 9.80 Å². The van der Waals surface area contributed by atoms with E-state index in [-0.39, 0.29) is 0 Å². The fourth-order valence-corrected chi connectivity index (χ4v) is 3.33. The van der Waals surface area contributed by atoms with Gasteiger partial charge < -0.3 is 9.80 Å². The van der Waals surface area contributed by atoms with Crippen molar-refractivity contribution in [2.24, 2.45) is 0 Å². The van der Waals surface area contributed by atoms with Crippen molar-refractivity contribution in [1.29, 1.82) is 0 Å². The lowest BCUT2D eigenvalue weighted by Crippen LogP contribution is -2.43. The van der Waals surface area contributed by atoms with Crippen LogP contribution >= 0.6 is 0 Å². The van der Waals surface area contributed by atoms with Gasteiger partial charge in [0, 0.05) is 53.0 Å². The highest BCUT2D eigenvalue weighted by Gasteiger charge is 2.23. The van der Waals surface area contributed by atoms with Crippen molar-refractivity contribution in [3.63, 3.8) is 0 Å². The molecular formula is C21H29N5. The molecule has 1 aromatic carbocycles. The fraction of sp³-hybridized carbons (Fsp3) is 0.429. The standard InChI is InChI=1S/C21H29N5/c1-24(2)21-22-14-11-20(23-21)25(3)19-12-16-26(17-13-19)15-7-10-18-8-5-4-6-9-18/h4-11,14,19H,12-13,15-17H2,1-3H3/b10-7+. The van der Waals surface area contributed by atoms with E-state index in [1.54, 1.807) is 0 Å². The Labute approximate surface area is 157 Å². The van der Waals surface area contributed by atoms with Crippen LogP contribution in [-0.2, 0) is 0 Å². The maximum Gasteiger partial charge on any atom is 0.226 e. The number of benzene rings is 1. The molecule has 26 heavy (non-hydrogen) atoms. The second-order valence-electron chi connectivity index (χ2n) is 7.07. The normalized spacial score (nSPS) is 16.1. The van der Waals surface area contributed by atoms with Crippen LogP contribution in [0, 0.1) is 0 Å². The molecule has 5 nitrogen and oxygen atoms in total. The van der Waals surface area contributed by atoms with Crippen LogP contribution in [0.3, 0.4) is 0 Å². The number of hydrogen-bond donors (Lipinski definition) is 0. The monoisotopic (exact) mass is 351 g/mol. The first-order chi connectivity index (χ1) is 12.6. The molecule has 0 unspecified atom stereocenters. The molecule has 5 heteroatoms. The van der Waals surface area contributed by atoms with Crippen LogP contribution in [0.25, 0.3) is 6.08 Å². The number of anilines is 2. The van der Waals surface area contributed by atoms with E-state index in [4.69, 9.17) is 0 Å². The lowest BCUT2D eigenvalue weighted by molar-refractivity contribution is 0.230. The van der Waals surface area contributed by atoms with Crippen molar-refractivity contribution in [2.45, 2.75) is 18.9 Å². The third-order valence-corrected chi connectivity index (χ3v) is 4.97. The van der Waals surface area contributed by atoms with Crippen LogP contribution in [0.4, 0.5) is 11.8 Å². The van der Waals surface area contributed by atoms with Crippen molar-refractivity contribution in [3.05, 3.63) is 54.2 Å².